The molecule has 0 radical (unpaired) electrons. The Morgan fingerprint density at radius 1 is 1.17 bits per heavy atom. The SMILES string of the molecule is O=C(NC1CC1)C(O)C1CCN(C(=O)OCc2ccccc2)CC1. The van der Waals surface area contributed by atoms with Crippen LogP contribution in [0, 0.1) is 5.92 Å². The highest BCUT2D eigenvalue weighted by Gasteiger charge is 2.34. The lowest BCUT2D eigenvalue weighted by Crippen LogP contribution is -2.46. The number of benzene rings is 1. The summed E-state index contributed by atoms with van der Waals surface area (Å²) in [6.45, 7) is 1.27. The molecular formula is C18H24N2O4. The van der Waals surface area contributed by atoms with E-state index in [1.807, 2.05) is 30.3 Å². The monoisotopic (exact) mass is 332 g/mol. The summed E-state index contributed by atoms with van der Waals surface area (Å²) in [5, 5.41) is 13.0. The number of amides is 2. The van der Waals surface area contributed by atoms with Gasteiger partial charge in [-0.1, -0.05) is 30.3 Å². The van der Waals surface area contributed by atoms with E-state index in [1.54, 1.807) is 4.90 Å². The summed E-state index contributed by atoms with van der Waals surface area (Å²) >= 11 is 0. The van der Waals surface area contributed by atoms with Gasteiger partial charge in [0.15, 0.2) is 0 Å². The predicted molar refractivity (Wildman–Crippen MR) is 88.1 cm³/mol. The van der Waals surface area contributed by atoms with Gasteiger partial charge in [0.05, 0.1) is 0 Å². The van der Waals surface area contributed by atoms with Gasteiger partial charge < -0.3 is 20.1 Å². The number of piperidine rings is 1. The zero-order valence-corrected chi connectivity index (χ0v) is 13.7. The van der Waals surface area contributed by atoms with Gasteiger partial charge in [-0.25, -0.2) is 4.79 Å². The van der Waals surface area contributed by atoms with Crippen molar-refractivity contribution in [3.05, 3.63) is 35.9 Å². The third kappa shape index (κ3) is 4.47. The second-order valence-electron chi connectivity index (χ2n) is 6.59. The van der Waals surface area contributed by atoms with Crippen LogP contribution in [0.2, 0.25) is 0 Å². The summed E-state index contributed by atoms with van der Waals surface area (Å²) in [6, 6.07) is 9.80. The smallest absolute Gasteiger partial charge is 0.410 e. The third-order valence-electron chi connectivity index (χ3n) is 4.64. The fraction of sp³-hybridized carbons (Fsp3) is 0.556. The Morgan fingerprint density at radius 2 is 1.83 bits per heavy atom. The molecule has 24 heavy (non-hydrogen) atoms. The molecule has 2 fully saturated rings. The number of aliphatic hydroxyl groups excluding tert-OH is 1. The van der Waals surface area contributed by atoms with Crippen LogP contribution in [0.25, 0.3) is 0 Å². The van der Waals surface area contributed by atoms with E-state index in [-0.39, 0.29) is 30.6 Å². The van der Waals surface area contributed by atoms with Crippen molar-refractivity contribution in [2.45, 2.75) is 44.4 Å². The number of ether oxygens (including phenoxy) is 1. The van der Waals surface area contributed by atoms with E-state index in [2.05, 4.69) is 5.32 Å². The van der Waals surface area contributed by atoms with Crippen LogP contribution in [-0.2, 0) is 16.1 Å². The van der Waals surface area contributed by atoms with Gasteiger partial charge in [0, 0.05) is 19.1 Å². The summed E-state index contributed by atoms with van der Waals surface area (Å²) in [6.07, 6.45) is 1.91. The number of hydrogen-bond donors (Lipinski definition) is 2. The highest BCUT2D eigenvalue weighted by Crippen LogP contribution is 2.24. The molecule has 1 atom stereocenters. The minimum Gasteiger partial charge on any atom is -0.445 e. The topological polar surface area (TPSA) is 78.9 Å². The molecule has 6 heteroatoms. The number of carbonyl (C=O) groups excluding carboxylic acids is 2. The first-order chi connectivity index (χ1) is 11.6. The maximum absolute atomic E-state index is 12.1. The molecule has 1 aromatic rings. The van der Waals surface area contributed by atoms with Crippen molar-refractivity contribution in [2.24, 2.45) is 5.92 Å². The second-order valence-corrected chi connectivity index (χ2v) is 6.59. The van der Waals surface area contributed by atoms with Crippen LogP contribution in [0.4, 0.5) is 4.79 Å². The molecule has 1 aromatic carbocycles. The zero-order chi connectivity index (χ0) is 16.9. The number of hydrogen-bond acceptors (Lipinski definition) is 4. The van der Waals surface area contributed by atoms with E-state index in [9.17, 15) is 14.7 Å². The maximum Gasteiger partial charge on any atom is 0.410 e. The number of carbonyl (C=O) groups is 2. The Kier molecular flexibility index (Phi) is 5.35. The summed E-state index contributed by atoms with van der Waals surface area (Å²) < 4.78 is 5.32. The Labute approximate surface area is 141 Å². The molecule has 0 aromatic heterocycles. The van der Waals surface area contributed by atoms with Crippen LogP contribution >= 0.6 is 0 Å². The van der Waals surface area contributed by atoms with Crippen LogP contribution in [0.1, 0.15) is 31.2 Å². The molecule has 3 rings (SSSR count). The van der Waals surface area contributed by atoms with Crippen molar-refractivity contribution in [1.29, 1.82) is 0 Å². The molecule has 1 aliphatic carbocycles. The molecular weight excluding hydrogens is 308 g/mol. The average molecular weight is 332 g/mol. The molecule has 2 aliphatic rings. The molecule has 1 saturated carbocycles. The number of nitrogens with zero attached hydrogens (tertiary/aromatic N) is 1. The molecule has 2 amide bonds. The van der Waals surface area contributed by atoms with Gasteiger partial charge in [-0.3, -0.25) is 4.79 Å². The van der Waals surface area contributed by atoms with E-state index in [0.29, 0.717) is 25.9 Å². The van der Waals surface area contributed by atoms with Gasteiger partial charge in [-0.05, 0) is 37.2 Å². The van der Waals surface area contributed by atoms with Gasteiger partial charge >= 0.3 is 6.09 Å². The number of rotatable bonds is 5. The lowest BCUT2D eigenvalue weighted by molar-refractivity contribution is -0.133. The summed E-state index contributed by atoms with van der Waals surface area (Å²) in [5.74, 6) is -0.371. The second kappa shape index (κ2) is 7.66. The third-order valence-corrected chi connectivity index (χ3v) is 4.64. The van der Waals surface area contributed by atoms with Crippen molar-refractivity contribution in [3.63, 3.8) is 0 Å². The molecule has 0 spiro atoms. The molecule has 1 aliphatic heterocycles. The average Bonchev–Trinajstić information content (AvgIpc) is 3.44. The molecule has 0 bridgehead atoms. The standard InChI is InChI=1S/C18H24N2O4/c21-16(17(22)19-15-6-7-15)14-8-10-20(11-9-14)18(23)24-12-13-4-2-1-3-5-13/h1-5,14-16,21H,6-12H2,(H,19,22). The van der Waals surface area contributed by atoms with Crippen molar-refractivity contribution in [3.8, 4) is 0 Å². The van der Waals surface area contributed by atoms with E-state index >= 15 is 0 Å². The molecule has 130 valence electrons. The Bertz CT molecular complexity index is 566. The zero-order valence-electron chi connectivity index (χ0n) is 13.7. The van der Waals surface area contributed by atoms with E-state index in [0.717, 1.165) is 18.4 Å². The van der Waals surface area contributed by atoms with E-state index in [1.165, 1.54) is 0 Å². The first-order valence-electron chi connectivity index (χ1n) is 8.57. The summed E-state index contributed by atoms with van der Waals surface area (Å²) in [4.78, 5) is 25.6. The van der Waals surface area contributed by atoms with Gasteiger partial charge in [0.2, 0.25) is 5.91 Å². The maximum atomic E-state index is 12.1. The van der Waals surface area contributed by atoms with Gasteiger partial charge in [0.1, 0.15) is 12.7 Å². The minimum absolute atomic E-state index is 0.0954. The Balaban J connectivity index is 1.40. The molecule has 1 heterocycles. The lowest BCUT2D eigenvalue weighted by atomic mass is 9.91. The number of aliphatic hydroxyl groups is 1. The molecule has 1 saturated heterocycles. The van der Waals surface area contributed by atoms with Crippen LogP contribution in [-0.4, -0.2) is 47.2 Å². The van der Waals surface area contributed by atoms with Crippen LogP contribution in [0.3, 0.4) is 0 Å². The number of nitrogens with one attached hydrogen (secondary N) is 1. The largest absolute Gasteiger partial charge is 0.445 e. The summed E-state index contributed by atoms with van der Waals surface area (Å²) in [7, 11) is 0. The summed E-state index contributed by atoms with van der Waals surface area (Å²) in [5.41, 5.74) is 0.952. The Morgan fingerprint density at radius 3 is 2.46 bits per heavy atom. The van der Waals surface area contributed by atoms with E-state index in [4.69, 9.17) is 4.74 Å². The van der Waals surface area contributed by atoms with Crippen molar-refractivity contribution in [1.82, 2.24) is 10.2 Å². The Hall–Kier alpha value is -2.08. The van der Waals surface area contributed by atoms with Crippen molar-refractivity contribution >= 4 is 12.0 Å². The number of likely N-dealkylation sites (tertiary alicyclic amines) is 1. The fourth-order valence-electron chi connectivity index (χ4n) is 2.94. The predicted octanol–water partition coefficient (Wildman–Crippen LogP) is 1.67. The highest BCUT2D eigenvalue weighted by molar-refractivity contribution is 5.81. The molecule has 6 nitrogen and oxygen atoms in total. The quantitative estimate of drug-likeness (QED) is 0.860. The first kappa shape index (κ1) is 16.8. The lowest BCUT2D eigenvalue weighted by Gasteiger charge is -2.33. The van der Waals surface area contributed by atoms with Crippen molar-refractivity contribution < 1.29 is 19.4 Å². The van der Waals surface area contributed by atoms with Crippen molar-refractivity contribution in [2.75, 3.05) is 13.1 Å². The van der Waals surface area contributed by atoms with Crippen LogP contribution in [0.5, 0.6) is 0 Å². The van der Waals surface area contributed by atoms with Crippen LogP contribution in [0.15, 0.2) is 30.3 Å². The van der Waals surface area contributed by atoms with Crippen LogP contribution < -0.4 is 5.32 Å². The first-order valence-corrected chi connectivity index (χ1v) is 8.57. The van der Waals surface area contributed by atoms with Gasteiger partial charge in [-0.2, -0.15) is 0 Å². The normalized spacial score (nSPS) is 19.6. The minimum atomic E-state index is -0.979. The molecule has 2 N–H and O–H groups in total. The molecule has 1 unspecified atom stereocenters. The van der Waals surface area contributed by atoms with E-state index < -0.39 is 6.10 Å². The highest BCUT2D eigenvalue weighted by atomic mass is 16.6. The fourth-order valence-corrected chi connectivity index (χ4v) is 2.94. The van der Waals surface area contributed by atoms with Gasteiger partial charge in [-0.15, -0.1) is 0 Å². The van der Waals surface area contributed by atoms with Gasteiger partial charge in [0.25, 0.3) is 0 Å².